The van der Waals surface area contributed by atoms with Crippen molar-refractivity contribution in [3.05, 3.63) is 69.3 Å². The lowest BCUT2D eigenvalue weighted by molar-refractivity contribution is -0.104. The van der Waals surface area contributed by atoms with Crippen LogP contribution in [0.15, 0.2) is 30.3 Å². The molecule has 1 unspecified atom stereocenters. The van der Waals surface area contributed by atoms with Crippen molar-refractivity contribution < 1.29 is 9.90 Å². The number of hydrogen-bond donors (Lipinski definition) is 1. The van der Waals surface area contributed by atoms with Crippen molar-refractivity contribution >= 4 is 12.4 Å². The second kappa shape index (κ2) is 12.0. The molecule has 1 N–H and O–H groups in total. The summed E-state index contributed by atoms with van der Waals surface area (Å²) in [5.41, 5.74) is 7.89. The van der Waals surface area contributed by atoms with Crippen molar-refractivity contribution in [1.82, 2.24) is 0 Å². The van der Waals surface area contributed by atoms with Crippen molar-refractivity contribution in [2.75, 3.05) is 0 Å². The highest BCUT2D eigenvalue weighted by Crippen LogP contribution is 2.46. The van der Waals surface area contributed by atoms with Gasteiger partial charge in [0.1, 0.15) is 12.0 Å². The first-order chi connectivity index (χ1) is 17.9. The highest BCUT2D eigenvalue weighted by molar-refractivity contribution is 5.77. The second-order valence-electron chi connectivity index (χ2n) is 14.2. The summed E-state index contributed by atoms with van der Waals surface area (Å²) >= 11 is 0. The van der Waals surface area contributed by atoms with Gasteiger partial charge in [-0.3, -0.25) is 4.79 Å². The molecule has 2 heteroatoms. The summed E-state index contributed by atoms with van der Waals surface area (Å²) in [6.45, 7) is 29.4. The second-order valence-corrected chi connectivity index (χ2v) is 14.2. The van der Waals surface area contributed by atoms with E-state index in [-0.39, 0.29) is 27.6 Å². The van der Waals surface area contributed by atoms with E-state index in [4.69, 9.17) is 0 Å². The van der Waals surface area contributed by atoms with Crippen LogP contribution in [0.3, 0.4) is 0 Å². The molecule has 2 aromatic rings. The lowest BCUT2D eigenvalue weighted by Crippen LogP contribution is -2.24. The molecule has 0 spiro atoms. The van der Waals surface area contributed by atoms with Crippen LogP contribution >= 0.6 is 0 Å². The molecule has 0 aliphatic carbocycles. The topological polar surface area (TPSA) is 37.3 Å². The molecule has 0 saturated heterocycles. The van der Waals surface area contributed by atoms with Gasteiger partial charge < -0.3 is 5.11 Å². The molecule has 0 amide bonds. The number of carbonyl (C=O) groups excluding carboxylic acids is 1. The molecule has 0 saturated carbocycles. The summed E-state index contributed by atoms with van der Waals surface area (Å²) in [6.07, 6.45) is 8.43. The Bertz CT molecular complexity index is 1190. The number of hydrogen-bond acceptors (Lipinski definition) is 2. The molecule has 1 atom stereocenters. The van der Waals surface area contributed by atoms with Crippen molar-refractivity contribution in [1.29, 1.82) is 0 Å². The zero-order valence-electron chi connectivity index (χ0n) is 27.3. The minimum Gasteiger partial charge on any atom is -0.507 e. The van der Waals surface area contributed by atoms with Gasteiger partial charge in [0.05, 0.1) is 0 Å². The Morgan fingerprint density at radius 1 is 0.667 bits per heavy atom. The van der Waals surface area contributed by atoms with Gasteiger partial charge in [0, 0.05) is 17.0 Å². The molecule has 0 radical (unpaired) electrons. The SMILES string of the molecule is CCC(C)(C)c1cc(C(C)c2cc(C(C)(C)CC)cc(C(C)(C)CC)c2C=CC=O)c(O)c(C(C)(C)CC)c1. The van der Waals surface area contributed by atoms with Crippen LogP contribution in [0.4, 0.5) is 0 Å². The average molecular weight is 533 g/mol. The molecule has 0 aromatic heterocycles. The molecule has 2 aromatic carbocycles. The fraction of sp³-hybridized carbons (Fsp3) is 0.595. The van der Waals surface area contributed by atoms with Crippen molar-refractivity contribution in [2.24, 2.45) is 0 Å². The number of aldehydes is 1. The number of allylic oxidation sites excluding steroid dienone is 1. The van der Waals surface area contributed by atoms with Gasteiger partial charge in [-0.2, -0.15) is 0 Å². The van der Waals surface area contributed by atoms with Crippen LogP contribution in [0.5, 0.6) is 5.75 Å². The van der Waals surface area contributed by atoms with E-state index in [1.807, 2.05) is 6.08 Å². The van der Waals surface area contributed by atoms with E-state index in [2.05, 4.69) is 114 Å². The van der Waals surface area contributed by atoms with Gasteiger partial charge in [-0.05, 0) is 81.2 Å². The summed E-state index contributed by atoms with van der Waals surface area (Å²) in [5, 5.41) is 11.9. The lowest BCUT2D eigenvalue weighted by Gasteiger charge is -2.34. The largest absolute Gasteiger partial charge is 0.507 e. The van der Waals surface area contributed by atoms with Crippen LogP contribution in [0.25, 0.3) is 6.08 Å². The van der Waals surface area contributed by atoms with E-state index in [0.717, 1.165) is 48.7 Å². The summed E-state index contributed by atoms with van der Waals surface area (Å²) in [5.74, 6) is 0.348. The van der Waals surface area contributed by atoms with Gasteiger partial charge in [-0.15, -0.1) is 0 Å². The van der Waals surface area contributed by atoms with Crippen LogP contribution in [0, 0.1) is 0 Å². The third kappa shape index (κ3) is 6.69. The Balaban J connectivity index is 3.09. The molecule has 0 aliphatic rings. The summed E-state index contributed by atoms with van der Waals surface area (Å²) in [6, 6.07) is 9.20. The predicted octanol–water partition coefficient (Wildman–Crippen LogP) is 10.5. The molecule has 0 aliphatic heterocycles. The van der Waals surface area contributed by atoms with E-state index in [0.29, 0.717) is 5.75 Å². The first kappa shape index (κ1) is 32.9. The Morgan fingerprint density at radius 2 is 1.08 bits per heavy atom. The minimum atomic E-state index is -0.153. The summed E-state index contributed by atoms with van der Waals surface area (Å²) < 4.78 is 0. The number of rotatable bonds is 12. The number of benzene rings is 2. The van der Waals surface area contributed by atoms with Crippen LogP contribution in [-0.4, -0.2) is 11.4 Å². The zero-order valence-corrected chi connectivity index (χ0v) is 27.3. The van der Waals surface area contributed by atoms with E-state index in [9.17, 15) is 9.90 Å². The van der Waals surface area contributed by atoms with Crippen LogP contribution < -0.4 is 0 Å². The standard InChI is InChI=1S/C37H56O2/c1-14-34(6,7)26-21-29(28(19-18-20-38)31(23-26)36(10,11)16-3)25(5)30-22-27(35(8,9)15-2)24-32(33(30)39)37(12,13)17-4/h18-25,39H,14-17H2,1-13H3. The fourth-order valence-electron chi connectivity index (χ4n) is 5.16. The Labute approximate surface area is 240 Å². The van der Waals surface area contributed by atoms with Crippen LogP contribution in [0.1, 0.15) is 161 Å². The Hall–Kier alpha value is -2.35. The van der Waals surface area contributed by atoms with Crippen molar-refractivity contribution in [3.8, 4) is 5.75 Å². The van der Waals surface area contributed by atoms with Crippen molar-refractivity contribution in [2.45, 2.75) is 143 Å². The van der Waals surface area contributed by atoms with E-state index < -0.39 is 0 Å². The van der Waals surface area contributed by atoms with Gasteiger partial charge >= 0.3 is 0 Å². The molecule has 0 fully saturated rings. The van der Waals surface area contributed by atoms with E-state index in [1.54, 1.807) is 6.08 Å². The van der Waals surface area contributed by atoms with Gasteiger partial charge in [0.25, 0.3) is 0 Å². The number of aromatic hydroxyl groups is 1. The van der Waals surface area contributed by atoms with E-state index >= 15 is 0 Å². The summed E-state index contributed by atoms with van der Waals surface area (Å²) in [4.78, 5) is 11.5. The Kier molecular flexibility index (Phi) is 10.1. The predicted molar refractivity (Wildman–Crippen MR) is 170 cm³/mol. The number of phenols is 1. The highest BCUT2D eigenvalue weighted by Gasteiger charge is 2.33. The fourth-order valence-corrected chi connectivity index (χ4v) is 5.16. The molecular weight excluding hydrogens is 476 g/mol. The van der Waals surface area contributed by atoms with Crippen molar-refractivity contribution in [3.63, 3.8) is 0 Å². The maximum Gasteiger partial charge on any atom is 0.142 e. The number of carbonyl (C=O) groups is 1. The van der Waals surface area contributed by atoms with Crippen LogP contribution in [-0.2, 0) is 26.5 Å². The quantitative estimate of drug-likeness (QED) is 0.218. The highest BCUT2D eigenvalue weighted by atomic mass is 16.3. The normalized spacial score (nSPS) is 14.2. The maximum atomic E-state index is 11.9. The lowest BCUT2D eigenvalue weighted by atomic mass is 9.70. The average Bonchev–Trinajstić information content (AvgIpc) is 2.90. The molecule has 216 valence electrons. The first-order valence-corrected chi connectivity index (χ1v) is 15.1. The van der Waals surface area contributed by atoms with Gasteiger partial charge in [0.15, 0.2) is 0 Å². The Morgan fingerprint density at radius 3 is 1.51 bits per heavy atom. The third-order valence-electron chi connectivity index (χ3n) is 10.2. The minimum absolute atomic E-state index is 0.00337. The van der Waals surface area contributed by atoms with Gasteiger partial charge in [0.2, 0.25) is 0 Å². The molecule has 39 heavy (non-hydrogen) atoms. The molecule has 0 heterocycles. The molecule has 2 rings (SSSR count). The van der Waals surface area contributed by atoms with Gasteiger partial charge in [-0.25, -0.2) is 0 Å². The smallest absolute Gasteiger partial charge is 0.142 e. The van der Waals surface area contributed by atoms with E-state index in [1.165, 1.54) is 22.3 Å². The molecule has 2 nitrogen and oxygen atoms in total. The monoisotopic (exact) mass is 532 g/mol. The molecular formula is C37H56O2. The molecule has 0 bridgehead atoms. The maximum absolute atomic E-state index is 11.9. The van der Waals surface area contributed by atoms with Crippen LogP contribution in [0.2, 0.25) is 0 Å². The summed E-state index contributed by atoms with van der Waals surface area (Å²) in [7, 11) is 0. The first-order valence-electron chi connectivity index (χ1n) is 15.1. The zero-order chi connectivity index (χ0) is 30.0. The third-order valence-corrected chi connectivity index (χ3v) is 10.2. The number of phenolic OH excluding ortho intramolecular Hbond substituents is 1. The van der Waals surface area contributed by atoms with Gasteiger partial charge in [-0.1, -0.05) is 120 Å².